The molecule has 0 aromatic heterocycles. The van der Waals surface area contributed by atoms with Crippen LogP contribution < -0.4 is 0 Å². The van der Waals surface area contributed by atoms with E-state index in [-0.39, 0.29) is 24.0 Å². The Labute approximate surface area is 157 Å². The highest BCUT2D eigenvalue weighted by molar-refractivity contribution is 5.43. The largest absolute Gasteiger partial charge is 0.392 e. The molecular formula is C24H32O2. The Morgan fingerprint density at radius 3 is 2.50 bits per heavy atom. The number of unbranched alkanes of at least 4 members (excludes halogenated alkanes) is 1. The van der Waals surface area contributed by atoms with Crippen LogP contribution in [0.3, 0.4) is 0 Å². The lowest BCUT2D eigenvalue weighted by Crippen LogP contribution is -2.38. The SMILES string of the molecule is CCCC[C@]1(CC)CCc2cc(CO)ccc2[C@@H](c2ccccc2)[C@H]1O. The zero-order valence-corrected chi connectivity index (χ0v) is 16.1. The van der Waals surface area contributed by atoms with Crippen LogP contribution in [-0.4, -0.2) is 16.3 Å². The molecule has 1 aliphatic carbocycles. The van der Waals surface area contributed by atoms with Crippen LogP contribution in [0.5, 0.6) is 0 Å². The molecule has 0 fully saturated rings. The van der Waals surface area contributed by atoms with Crippen LogP contribution in [-0.2, 0) is 13.0 Å². The van der Waals surface area contributed by atoms with Crippen LogP contribution in [0.4, 0.5) is 0 Å². The highest BCUT2D eigenvalue weighted by atomic mass is 16.3. The molecular weight excluding hydrogens is 320 g/mol. The van der Waals surface area contributed by atoms with Gasteiger partial charge in [-0.3, -0.25) is 0 Å². The third-order valence-corrected chi connectivity index (χ3v) is 6.45. The molecule has 2 aromatic rings. The van der Waals surface area contributed by atoms with Gasteiger partial charge in [-0.25, -0.2) is 0 Å². The van der Waals surface area contributed by atoms with E-state index in [2.05, 4.69) is 50.2 Å². The summed E-state index contributed by atoms with van der Waals surface area (Å²) in [7, 11) is 0. The Bertz CT molecular complexity index is 709. The highest BCUT2D eigenvalue weighted by Crippen LogP contribution is 2.48. The monoisotopic (exact) mass is 352 g/mol. The minimum absolute atomic E-state index is 0.00162. The van der Waals surface area contributed by atoms with E-state index in [4.69, 9.17) is 0 Å². The summed E-state index contributed by atoms with van der Waals surface area (Å²) in [5.41, 5.74) is 4.62. The summed E-state index contributed by atoms with van der Waals surface area (Å²) in [5, 5.41) is 21.2. The Kier molecular flexibility index (Phi) is 6.16. The molecule has 0 spiro atoms. The molecule has 0 amide bonds. The molecule has 0 saturated carbocycles. The maximum Gasteiger partial charge on any atom is 0.0705 e. The second-order valence-electron chi connectivity index (χ2n) is 7.84. The van der Waals surface area contributed by atoms with Gasteiger partial charge in [0.2, 0.25) is 0 Å². The topological polar surface area (TPSA) is 40.5 Å². The smallest absolute Gasteiger partial charge is 0.0705 e. The molecule has 1 aliphatic rings. The zero-order valence-electron chi connectivity index (χ0n) is 16.1. The van der Waals surface area contributed by atoms with Gasteiger partial charge in [0.15, 0.2) is 0 Å². The van der Waals surface area contributed by atoms with Gasteiger partial charge < -0.3 is 10.2 Å². The van der Waals surface area contributed by atoms with E-state index in [0.29, 0.717) is 0 Å². The minimum Gasteiger partial charge on any atom is -0.392 e. The van der Waals surface area contributed by atoms with E-state index < -0.39 is 0 Å². The quantitative estimate of drug-likeness (QED) is 0.701. The number of hydrogen-bond donors (Lipinski definition) is 2. The predicted molar refractivity (Wildman–Crippen MR) is 107 cm³/mol. The molecule has 3 rings (SSSR count). The average Bonchev–Trinajstić information content (AvgIpc) is 2.81. The number of aryl methyl sites for hydroxylation is 1. The van der Waals surface area contributed by atoms with Crippen molar-refractivity contribution in [3.05, 3.63) is 70.8 Å². The van der Waals surface area contributed by atoms with Crippen molar-refractivity contribution in [1.29, 1.82) is 0 Å². The number of benzene rings is 2. The summed E-state index contributed by atoms with van der Waals surface area (Å²) in [6.07, 6.45) is 5.99. The van der Waals surface area contributed by atoms with Crippen molar-refractivity contribution >= 4 is 0 Å². The number of aliphatic hydroxyl groups excluding tert-OH is 2. The Hall–Kier alpha value is -1.64. The first-order chi connectivity index (χ1) is 12.6. The lowest BCUT2D eigenvalue weighted by Gasteiger charge is -2.40. The predicted octanol–water partition coefficient (Wildman–Crippen LogP) is 5.20. The molecule has 3 atom stereocenters. The van der Waals surface area contributed by atoms with E-state index in [9.17, 15) is 10.2 Å². The Balaban J connectivity index is 2.12. The van der Waals surface area contributed by atoms with Crippen LogP contribution in [0.1, 0.15) is 74.1 Å². The molecule has 0 heterocycles. The van der Waals surface area contributed by atoms with Gasteiger partial charge in [-0.2, -0.15) is 0 Å². The van der Waals surface area contributed by atoms with Gasteiger partial charge in [0.1, 0.15) is 0 Å². The first kappa shape index (κ1) is 19.1. The van der Waals surface area contributed by atoms with E-state index in [1.807, 2.05) is 12.1 Å². The maximum absolute atomic E-state index is 11.7. The van der Waals surface area contributed by atoms with Crippen molar-refractivity contribution in [3.8, 4) is 0 Å². The fourth-order valence-corrected chi connectivity index (χ4v) is 4.72. The standard InChI is InChI=1S/C24H32O2/c1-3-5-14-24(4-2)15-13-20-16-18(17-25)11-12-21(20)22(23(24)26)19-9-7-6-8-10-19/h6-12,16,22-23,25-26H,3-5,13-15,17H2,1-2H3/t22-,23-,24-/m1/s1. The van der Waals surface area contributed by atoms with Gasteiger partial charge in [-0.05, 0) is 53.4 Å². The fraction of sp³-hybridized carbons (Fsp3) is 0.500. The number of rotatable bonds is 6. The van der Waals surface area contributed by atoms with Gasteiger partial charge in [-0.1, -0.05) is 75.2 Å². The summed E-state index contributed by atoms with van der Waals surface area (Å²) in [4.78, 5) is 0. The van der Waals surface area contributed by atoms with Crippen LogP contribution in [0.25, 0.3) is 0 Å². The Morgan fingerprint density at radius 1 is 1.08 bits per heavy atom. The van der Waals surface area contributed by atoms with E-state index in [0.717, 1.165) is 44.1 Å². The number of fused-ring (bicyclic) bond motifs is 1. The first-order valence-corrected chi connectivity index (χ1v) is 10.1. The molecule has 2 N–H and O–H groups in total. The van der Waals surface area contributed by atoms with Gasteiger partial charge >= 0.3 is 0 Å². The van der Waals surface area contributed by atoms with Crippen LogP contribution >= 0.6 is 0 Å². The molecule has 26 heavy (non-hydrogen) atoms. The molecule has 0 aliphatic heterocycles. The average molecular weight is 353 g/mol. The normalized spacial score (nSPS) is 25.5. The maximum atomic E-state index is 11.7. The van der Waals surface area contributed by atoms with Crippen LogP contribution in [0, 0.1) is 5.41 Å². The lowest BCUT2D eigenvalue weighted by atomic mass is 9.67. The summed E-state index contributed by atoms with van der Waals surface area (Å²) in [6.45, 7) is 4.53. The van der Waals surface area contributed by atoms with Crippen molar-refractivity contribution < 1.29 is 10.2 Å². The van der Waals surface area contributed by atoms with Gasteiger partial charge in [0.05, 0.1) is 12.7 Å². The summed E-state index contributed by atoms with van der Waals surface area (Å²) >= 11 is 0. The van der Waals surface area contributed by atoms with E-state index >= 15 is 0 Å². The first-order valence-electron chi connectivity index (χ1n) is 10.1. The molecule has 0 radical (unpaired) electrons. The molecule has 2 nitrogen and oxygen atoms in total. The molecule has 0 unspecified atom stereocenters. The van der Waals surface area contributed by atoms with Crippen molar-refractivity contribution in [1.82, 2.24) is 0 Å². The molecule has 2 heteroatoms. The minimum atomic E-state index is -0.386. The van der Waals surface area contributed by atoms with Crippen LogP contribution in [0.2, 0.25) is 0 Å². The second-order valence-corrected chi connectivity index (χ2v) is 7.84. The summed E-state index contributed by atoms with van der Waals surface area (Å²) in [5.74, 6) is -0.00162. The molecule has 2 aromatic carbocycles. The zero-order chi connectivity index (χ0) is 18.6. The fourth-order valence-electron chi connectivity index (χ4n) is 4.72. The summed E-state index contributed by atoms with van der Waals surface area (Å²) < 4.78 is 0. The van der Waals surface area contributed by atoms with E-state index in [1.54, 1.807) is 0 Å². The highest BCUT2D eigenvalue weighted by Gasteiger charge is 2.43. The van der Waals surface area contributed by atoms with Crippen LogP contribution in [0.15, 0.2) is 48.5 Å². The van der Waals surface area contributed by atoms with Crippen molar-refractivity contribution in [2.45, 2.75) is 71.0 Å². The number of aliphatic hydroxyl groups is 2. The lowest BCUT2D eigenvalue weighted by molar-refractivity contribution is -0.00156. The third kappa shape index (κ3) is 3.58. The molecule has 0 saturated heterocycles. The van der Waals surface area contributed by atoms with Gasteiger partial charge in [-0.15, -0.1) is 0 Å². The van der Waals surface area contributed by atoms with Gasteiger partial charge in [0.25, 0.3) is 0 Å². The summed E-state index contributed by atoms with van der Waals surface area (Å²) in [6, 6.07) is 16.7. The van der Waals surface area contributed by atoms with E-state index in [1.165, 1.54) is 16.7 Å². The van der Waals surface area contributed by atoms with Gasteiger partial charge in [0, 0.05) is 5.92 Å². The number of hydrogen-bond acceptors (Lipinski definition) is 2. The van der Waals surface area contributed by atoms with Crippen molar-refractivity contribution in [3.63, 3.8) is 0 Å². The second kappa shape index (κ2) is 8.37. The van der Waals surface area contributed by atoms with Crippen molar-refractivity contribution in [2.24, 2.45) is 5.41 Å². The van der Waals surface area contributed by atoms with Crippen molar-refractivity contribution in [2.75, 3.05) is 0 Å². The third-order valence-electron chi connectivity index (χ3n) is 6.45. The molecule has 0 bridgehead atoms. The Morgan fingerprint density at radius 2 is 1.85 bits per heavy atom. The molecule has 140 valence electrons.